The molecule has 1 aliphatic heterocycles. The highest BCUT2D eigenvalue weighted by atomic mass is 35.5. The standard InChI is InChI=1S/C22H23ClN2O2/c1-13-10-15-12-25(20(21(24)26)19(15)11-13)22(27)18-5-3-2-4-17(18)14-6-8-16(23)9-7-14/h2-9,13,15,19-20H,10-12H2,1H3,(H2,24,26)/t13?,15-,19-,20-/m0/s1. The Kier molecular flexibility index (Phi) is 4.68. The summed E-state index contributed by atoms with van der Waals surface area (Å²) in [5.74, 6) is 0.620. The third-order valence-electron chi connectivity index (χ3n) is 6.02. The zero-order valence-corrected chi connectivity index (χ0v) is 16.0. The van der Waals surface area contributed by atoms with E-state index in [4.69, 9.17) is 17.3 Å². The van der Waals surface area contributed by atoms with Crippen molar-refractivity contribution in [3.05, 3.63) is 59.1 Å². The molecule has 5 heteroatoms. The fourth-order valence-electron chi connectivity index (χ4n) is 4.92. The number of carbonyl (C=O) groups is 2. The van der Waals surface area contributed by atoms with Crippen LogP contribution in [0.2, 0.25) is 5.02 Å². The smallest absolute Gasteiger partial charge is 0.255 e. The predicted molar refractivity (Wildman–Crippen MR) is 106 cm³/mol. The number of nitrogens with zero attached hydrogens (tertiary/aromatic N) is 1. The first-order valence-electron chi connectivity index (χ1n) is 9.41. The second-order valence-electron chi connectivity index (χ2n) is 7.86. The highest BCUT2D eigenvalue weighted by Gasteiger charge is 2.50. The first-order valence-corrected chi connectivity index (χ1v) is 9.78. The lowest BCUT2D eigenvalue weighted by atomic mass is 9.93. The van der Waals surface area contributed by atoms with E-state index in [0.29, 0.717) is 29.0 Å². The number of nitrogens with two attached hydrogens (primary N) is 1. The molecule has 1 aliphatic carbocycles. The summed E-state index contributed by atoms with van der Waals surface area (Å²) >= 11 is 6.00. The van der Waals surface area contributed by atoms with Gasteiger partial charge >= 0.3 is 0 Å². The van der Waals surface area contributed by atoms with E-state index in [1.54, 1.807) is 4.90 Å². The van der Waals surface area contributed by atoms with E-state index in [0.717, 1.165) is 24.0 Å². The van der Waals surface area contributed by atoms with Gasteiger partial charge in [-0.05, 0) is 59.9 Å². The monoisotopic (exact) mass is 382 g/mol. The van der Waals surface area contributed by atoms with Crippen LogP contribution in [0.5, 0.6) is 0 Å². The van der Waals surface area contributed by atoms with E-state index >= 15 is 0 Å². The highest BCUT2D eigenvalue weighted by Crippen LogP contribution is 2.45. The van der Waals surface area contributed by atoms with Crippen LogP contribution in [0.25, 0.3) is 11.1 Å². The fraction of sp³-hybridized carbons (Fsp3) is 0.364. The lowest BCUT2D eigenvalue weighted by molar-refractivity contribution is -0.122. The van der Waals surface area contributed by atoms with E-state index in [1.807, 2.05) is 48.5 Å². The third kappa shape index (κ3) is 3.23. The maximum Gasteiger partial charge on any atom is 0.255 e. The van der Waals surface area contributed by atoms with Crippen LogP contribution in [0, 0.1) is 17.8 Å². The minimum atomic E-state index is -0.509. The average Bonchev–Trinajstić information content (AvgIpc) is 3.17. The maximum absolute atomic E-state index is 13.4. The molecule has 1 saturated heterocycles. The normalized spacial score (nSPS) is 26.8. The van der Waals surface area contributed by atoms with Crippen LogP contribution in [0.4, 0.5) is 0 Å². The summed E-state index contributed by atoms with van der Waals surface area (Å²) < 4.78 is 0. The van der Waals surface area contributed by atoms with E-state index < -0.39 is 11.9 Å². The van der Waals surface area contributed by atoms with Gasteiger partial charge in [-0.15, -0.1) is 0 Å². The molecular weight excluding hydrogens is 360 g/mol. The van der Waals surface area contributed by atoms with Crippen LogP contribution >= 0.6 is 11.6 Å². The molecule has 1 unspecified atom stereocenters. The van der Waals surface area contributed by atoms with Gasteiger partial charge < -0.3 is 10.6 Å². The molecule has 27 heavy (non-hydrogen) atoms. The zero-order valence-electron chi connectivity index (χ0n) is 15.3. The Hall–Kier alpha value is -2.33. The van der Waals surface area contributed by atoms with Crippen molar-refractivity contribution < 1.29 is 9.59 Å². The first kappa shape index (κ1) is 18.1. The molecule has 2 aromatic carbocycles. The van der Waals surface area contributed by atoms with Crippen molar-refractivity contribution in [1.82, 2.24) is 4.90 Å². The molecule has 2 fully saturated rings. The molecule has 2 aliphatic rings. The van der Waals surface area contributed by atoms with Gasteiger partial charge in [-0.25, -0.2) is 0 Å². The largest absolute Gasteiger partial charge is 0.368 e. The fourth-order valence-corrected chi connectivity index (χ4v) is 5.04. The van der Waals surface area contributed by atoms with Gasteiger partial charge in [-0.2, -0.15) is 0 Å². The van der Waals surface area contributed by atoms with Gasteiger partial charge in [-0.1, -0.05) is 48.9 Å². The molecule has 0 radical (unpaired) electrons. The van der Waals surface area contributed by atoms with Gasteiger partial charge in [0.25, 0.3) is 5.91 Å². The second-order valence-corrected chi connectivity index (χ2v) is 8.29. The van der Waals surface area contributed by atoms with Crippen molar-refractivity contribution in [2.75, 3.05) is 6.54 Å². The van der Waals surface area contributed by atoms with E-state index in [2.05, 4.69) is 6.92 Å². The summed E-state index contributed by atoms with van der Waals surface area (Å²) in [4.78, 5) is 27.3. The number of hydrogen-bond donors (Lipinski definition) is 1. The van der Waals surface area contributed by atoms with Gasteiger partial charge in [0.1, 0.15) is 6.04 Å². The lowest BCUT2D eigenvalue weighted by Gasteiger charge is -2.27. The topological polar surface area (TPSA) is 63.4 Å². The summed E-state index contributed by atoms with van der Waals surface area (Å²) in [6, 6.07) is 14.4. The SMILES string of the molecule is CC1C[C@H]2CN(C(=O)c3ccccc3-c3ccc(Cl)cc3)[C@H](C(N)=O)[C@H]2C1. The van der Waals surface area contributed by atoms with E-state index in [-0.39, 0.29) is 11.8 Å². The summed E-state index contributed by atoms with van der Waals surface area (Å²) in [6.45, 7) is 2.81. The molecule has 1 heterocycles. The number of likely N-dealkylation sites (tertiary alicyclic amines) is 1. The first-order chi connectivity index (χ1) is 13.0. The van der Waals surface area contributed by atoms with Crippen molar-refractivity contribution in [2.24, 2.45) is 23.5 Å². The van der Waals surface area contributed by atoms with Gasteiger partial charge in [0.05, 0.1) is 0 Å². The van der Waals surface area contributed by atoms with Crippen molar-refractivity contribution in [3.63, 3.8) is 0 Å². The van der Waals surface area contributed by atoms with Gasteiger partial charge in [0.2, 0.25) is 5.91 Å². The number of carbonyl (C=O) groups excluding carboxylic acids is 2. The quantitative estimate of drug-likeness (QED) is 0.872. The Morgan fingerprint density at radius 2 is 1.78 bits per heavy atom. The molecule has 1 saturated carbocycles. The Morgan fingerprint density at radius 1 is 1.07 bits per heavy atom. The van der Waals surface area contributed by atoms with Gasteiger partial charge in [0, 0.05) is 17.1 Å². The second kappa shape index (κ2) is 7.01. The summed E-state index contributed by atoms with van der Waals surface area (Å²) in [5.41, 5.74) is 8.08. The summed E-state index contributed by atoms with van der Waals surface area (Å²) in [7, 11) is 0. The van der Waals surface area contributed by atoms with E-state index in [1.165, 1.54) is 0 Å². The number of fused-ring (bicyclic) bond motifs is 1. The van der Waals surface area contributed by atoms with Crippen molar-refractivity contribution in [3.8, 4) is 11.1 Å². The molecule has 2 aromatic rings. The number of hydrogen-bond acceptors (Lipinski definition) is 2. The van der Waals surface area contributed by atoms with Crippen LogP contribution < -0.4 is 5.73 Å². The molecule has 4 nitrogen and oxygen atoms in total. The minimum Gasteiger partial charge on any atom is -0.368 e. The summed E-state index contributed by atoms with van der Waals surface area (Å²) in [6.07, 6.45) is 2.01. The Morgan fingerprint density at radius 3 is 2.48 bits per heavy atom. The number of amides is 2. The maximum atomic E-state index is 13.4. The molecular formula is C22H23ClN2O2. The molecule has 0 aromatic heterocycles. The Labute approximate surface area is 164 Å². The van der Waals surface area contributed by atoms with Gasteiger partial charge in [-0.3, -0.25) is 9.59 Å². The molecule has 2 N–H and O–H groups in total. The van der Waals surface area contributed by atoms with Crippen LogP contribution in [0.1, 0.15) is 30.1 Å². The average molecular weight is 383 g/mol. The number of primary amides is 1. The van der Waals surface area contributed by atoms with Gasteiger partial charge in [0.15, 0.2) is 0 Å². The summed E-state index contributed by atoms with van der Waals surface area (Å²) in [5, 5.41) is 0.651. The number of benzene rings is 2. The lowest BCUT2D eigenvalue weighted by Crippen LogP contribution is -2.46. The molecule has 4 atom stereocenters. The number of rotatable bonds is 3. The van der Waals surface area contributed by atoms with Crippen LogP contribution in [0.15, 0.2) is 48.5 Å². The molecule has 4 rings (SSSR count). The van der Waals surface area contributed by atoms with Crippen LogP contribution in [0.3, 0.4) is 0 Å². The molecule has 0 spiro atoms. The Balaban J connectivity index is 1.69. The van der Waals surface area contributed by atoms with E-state index in [9.17, 15) is 9.59 Å². The minimum absolute atomic E-state index is 0.119. The third-order valence-corrected chi connectivity index (χ3v) is 6.27. The zero-order chi connectivity index (χ0) is 19.1. The number of halogens is 1. The van der Waals surface area contributed by atoms with Crippen molar-refractivity contribution >= 4 is 23.4 Å². The highest BCUT2D eigenvalue weighted by molar-refractivity contribution is 6.30. The van der Waals surface area contributed by atoms with Crippen LogP contribution in [-0.2, 0) is 4.79 Å². The van der Waals surface area contributed by atoms with Crippen molar-refractivity contribution in [2.45, 2.75) is 25.8 Å². The molecule has 140 valence electrons. The van der Waals surface area contributed by atoms with Crippen LogP contribution in [-0.4, -0.2) is 29.3 Å². The Bertz CT molecular complexity index is 880. The molecule has 0 bridgehead atoms. The predicted octanol–water partition coefficient (Wildman–Crippen LogP) is 3.98. The van der Waals surface area contributed by atoms with Crippen molar-refractivity contribution in [1.29, 1.82) is 0 Å². The molecule has 2 amide bonds.